The molecule has 10 heteroatoms. The van der Waals surface area contributed by atoms with Crippen LogP contribution >= 0.6 is 22.6 Å². The van der Waals surface area contributed by atoms with Gasteiger partial charge in [-0.15, -0.1) is 0 Å². The fraction of sp³-hybridized carbons (Fsp3) is 0.0556. The zero-order chi connectivity index (χ0) is 20.1. The number of aliphatic imine (C=N–C) groups is 1. The van der Waals surface area contributed by atoms with E-state index in [2.05, 4.69) is 43.1 Å². The van der Waals surface area contributed by atoms with Crippen LogP contribution in [0.25, 0.3) is 0 Å². The lowest BCUT2D eigenvalue weighted by Gasteiger charge is -2.06. The molecule has 3 rings (SSSR count). The number of rotatable bonds is 7. The van der Waals surface area contributed by atoms with Gasteiger partial charge in [0.05, 0.1) is 4.92 Å². The van der Waals surface area contributed by atoms with Crippen molar-refractivity contribution in [3.8, 4) is 0 Å². The molecule has 1 aromatic heterocycles. The number of primary amides is 1. The van der Waals surface area contributed by atoms with Crippen LogP contribution in [0.2, 0.25) is 0 Å². The van der Waals surface area contributed by atoms with Gasteiger partial charge in [-0.25, -0.2) is 4.99 Å². The molecule has 0 spiro atoms. The maximum absolute atomic E-state index is 11.9. The summed E-state index contributed by atoms with van der Waals surface area (Å²) < 4.78 is 0.849. The molecule has 0 saturated heterocycles. The number of aromatic amines is 1. The Morgan fingerprint density at radius 3 is 2.71 bits per heavy atom. The number of benzene rings is 2. The number of carbonyl (C=O) groups excluding carboxylic acids is 1. The fourth-order valence-electron chi connectivity index (χ4n) is 2.44. The lowest BCUT2D eigenvalue weighted by molar-refractivity contribution is -0.384. The molecule has 1 amide bonds. The molecule has 0 fully saturated rings. The number of non-ortho nitro benzene ring substituents is 1. The summed E-state index contributed by atoms with van der Waals surface area (Å²) in [5.41, 5.74) is 8.13. The first-order chi connectivity index (χ1) is 13.5. The Balaban J connectivity index is 1.85. The number of anilines is 2. The van der Waals surface area contributed by atoms with E-state index in [0.29, 0.717) is 5.56 Å². The Kier molecular flexibility index (Phi) is 5.99. The number of H-pyrrole nitrogens is 1. The molecule has 0 aliphatic heterocycles. The number of alkyl halides is 1. The quantitative estimate of drug-likeness (QED) is 0.152. The van der Waals surface area contributed by atoms with E-state index in [1.807, 2.05) is 24.3 Å². The van der Waals surface area contributed by atoms with Gasteiger partial charge in [0.1, 0.15) is 5.56 Å². The van der Waals surface area contributed by atoms with Gasteiger partial charge in [-0.2, -0.15) is 5.10 Å². The molecular formula is C18H15IN6O3. The highest BCUT2D eigenvalue weighted by Crippen LogP contribution is 2.27. The van der Waals surface area contributed by atoms with Crippen molar-refractivity contribution in [2.45, 2.75) is 4.43 Å². The van der Waals surface area contributed by atoms with Crippen LogP contribution in [0.15, 0.2) is 53.5 Å². The molecule has 0 unspecified atom stereocenters. The zero-order valence-corrected chi connectivity index (χ0v) is 16.6. The number of aromatic nitrogens is 2. The largest absolute Gasteiger partial charge is 0.365 e. The number of halogens is 1. The van der Waals surface area contributed by atoms with Crippen LogP contribution in [-0.4, -0.2) is 27.2 Å². The standard InChI is InChI=1S/C18H15IN6O3/c19-9-12-2-1-3-13(8-12)22-18-15(16(20)26)17(23-24-18)21-10-11-4-6-14(7-5-11)25(27)28/h1-8,10H,9H2,(H2,20,26)(H2,22,23,24)/b21-10+. The Morgan fingerprint density at radius 2 is 2.07 bits per heavy atom. The van der Waals surface area contributed by atoms with Gasteiger partial charge < -0.3 is 11.1 Å². The smallest absolute Gasteiger partial charge is 0.269 e. The highest BCUT2D eigenvalue weighted by molar-refractivity contribution is 14.1. The average molecular weight is 490 g/mol. The molecule has 4 N–H and O–H groups in total. The van der Waals surface area contributed by atoms with Crippen LogP contribution in [0, 0.1) is 10.1 Å². The van der Waals surface area contributed by atoms with Crippen molar-refractivity contribution in [3.63, 3.8) is 0 Å². The molecule has 0 bridgehead atoms. The van der Waals surface area contributed by atoms with Crippen LogP contribution in [0.1, 0.15) is 21.5 Å². The highest BCUT2D eigenvalue weighted by atomic mass is 127. The van der Waals surface area contributed by atoms with Gasteiger partial charge in [0.25, 0.3) is 11.6 Å². The zero-order valence-electron chi connectivity index (χ0n) is 14.4. The van der Waals surface area contributed by atoms with E-state index in [0.717, 1.165) is 15.7 Å². The monoisotopic (exact) mass is 490 g/mol. The summed E-state index contributed by atoms with van der Waals surface area (Å²) in [6, 6.07) is 13.6. The van der Waals surface area contributed by atoms with E-state index in [4.69, 9.17) is 5.73 Å². The molecule has 0 radical (unpaired) electrons. The maximum Gasteiger partial charge on any atom is 0.269 e. The van der Waals surface area contributed by atoms with Gasteiger partial charge in [-0.05, 0) is 35.4 Å². The number of carbonyl (C=O) groups is 1. The van der Waals surface area contributed by atoms with Crippen LogP contribution in [0.3, 0.4) is 0 Å². The maximum atomic E-state index is 11.9. The summed E-state index contributed by atoms with van der Waals surface area (Å²) >= 11 is 2.26. The highest BCUT2D eigenvalue weighted by Gasteiger charge is 2.18. The Morgan fingerprint density at radius 1 is 1.32 bits per heavy atom. The Hall–Kier alpha value is -3.28. The number of hydrogen-bond acceptors (Lipinski definition) is 6. The van der Waals surface area contributed by atoms with E-state index in [-0.39, 0.29) is 22.9 Å². The van der Waals surface area contributed by atoms with Gasteiger partial charge in [0.2, 0.25) is 0 Å². The summed E-state index contributed by atoms with van der Waals surface area (Å²) in [7, 11) is 0. The number of amides is 1. The van der Waals surface area contributed by atoms with Gasteiger partial charge in [0, 0.05) is 28.5 Å². The minimum Gasteiger partial charge on any atom is -0.365 e. The molecule has 9 nitrogen and oxygen atoms in total. The number of hydrogen-bond donors (Lipinski definition) is 3. The average Bonchev–Trinajstić information content (AvgIpc) is 3.09. The second kappa shape index (κ2) is 8.61. The van der Waals surface area contributed by atoms with E-state index in [9.17, 15) is 14.9 Å². The lowest BCUT2D eigenvalue weighted by atomic mass is 10.2. The van der Waals surface area contributed by atoms with Gasteiger partial charge in [-0.3, -0.25) is 20.0 Å². The van der Waals surface area contributed by atoms with Crippen LogP contribution in [0.4, 0.5) is 23.0 Å². The molecular weight excluding hydrogens is 475 g/mol. The fourth-order valence-corrected chi connectivity index (χ4v) is 2.91. The van der Waals surface area contributed by atoms with Crippen molar-refractivity contribution in [2.75, 3.05) is 5.32 Å². The SMILES string of the molecule is NC(=O)c1c(Nc2cccc(CI)c2)n[nH]c1/N=C/c1ccc([N+](=O)[O-])cc1. The number of nitro groups is 1. The molecule has 3 aromatic rings. The first-order valence-corrected chi connectivity index (χ1v) is 9.59. The van der Waals surface area contributed by atoms with Crippen LogP contribution in [-0.2, 0) is 4.43 Å². The minimum absolute atomic E-state index is 0.0169. The molecule has 0 aliphatic rings. The second-order valence-electron chi connectivity index (χ2n) is 5.73. The third-order valence-corrected chi connectivity index (χ3v) is 4.67. The van der Waals surface area contributed by atoms with Crippen molar-refractivity contribution in [3.05, 3.63) is 75.3 Å². The molecule has 2 aromatic carbocycles. The van der Waals surface area contributed by atoms with E-state index < -0.39 is 10.8 Å². The topological polar surface area (TPSA) is 139 Å². The minimum atomic E-state index is -0.683. The van der Waals surface area contributed by atoms with Gasteiger partial charge >= 0.3 is 0 Å². The summed E-state index contributed by atoms with van der Waals surface area (Å²) in [5.74, 6) is -0.218. The Labute approximate surface area is 173 Å². The first kappa shape index (κ1) is 19.5. The number of nitrogens with zero attached hydrogens (tertiary/aromatic N) is 3. The number of nitrogens with one attached hydrogen (secondary N) is 2. The third kappa shape index (κ3) is 4.52. The van der Waals surface area contributed by atoms with Crippen molar-refractivity contribution in [2.24, 2.45) is 10.7 Å². The second-order valence-corrected chi connectivity index (χ2v) is 6.49. The molecule has 0 atom stereocenters. The molecule has 28 heavy (non-hydrogen) atoms. The summed E-state index contributed by atoms with van der Waals surface area (Å²) in [4.78, 5) is 26.4. The van der Waals surface area contributed by atoms with E-state index in [1.54, 1.807) is 12.1 Å². The van der Waals surface area contributed by atoms with Crippen molar-refractivity contribution in [1.82, 2.24) is 10.2 Å². The number of nitrogens with two attached hydrogens (primary N) is 1. The molecule has 142 valence electrons. The summed E-state index contributed by atoms with van der Waals surface area (Å²) in [6.07, 6.45) is 1.46. The van der Waals surface area contributed by atoms with Gasteiger partial charge in [0.15, 0.2) is 11.6 Å². The van der Waals surface area contributed by atoms with Crippen LogP contribution < -0.4 is 11.1 Å². The van der Waals surface area contributed by atoms with Crippen molar-refractivity contribution in [1.29, 1.82) is 0 Å². The normalized spacial score (nSPS) is 10.9. The summed E-state index contributed by atoms with van der Waals surface area (Å²) in [5, 5.41) is 20.6. The van der Waals surface area contributed by atoms with Crippen LogP contribution in [0.5, 0.6) is 0 Å². The molecule has 0 saturated carbocycles. The predicted octanol–water partition coefficient (Wildman–Crippen LogP) is 3.85. The summed E-state index contributed by atoms with van der Waals surface area (Å²) in [6.45, 7) is 0. The Bertz CT molecular complexity index is 1050. The third-order valence-electron chi connectivity index (χ3n) is 3.78. The number of nitro benzene ring substituents is 1. The van der Waals surface area contributed by atoms with Crippen molar-refractivity contribution >= 4 is 57.7 Å². The van der Waals surface area contributed by atoms with E-state index >= 15 is 0 Å². The van der Waals surface area contributed by atoms with Crippen molar-refractivity contribution < 1.29 is 9.72 Å². The lowest BCUT2D eigenvalue weighted by Crippen LogP contribution is -2.12. The first-order valence-electron chi connectivity index (χ1n) is 8.06. The van der Waals surface area contributed by atoms with Gasteiger partial charge in [-0.1, -0.05) is 34.7 Å². The molecule has 1 heterocycles. The molecule has 0 aliphatic carbocycles. The predicted molar refractivity (Wildman–Crippen MR) is 115 cm³/mol. The van der Waals surface area contributed by atoms with E-state index in [1.165, 1.54) is 18.3 Å².